The van der Waals surface area contributed by atoms with Crippen molar-refractivity contribution in [2.24, 2.45) is 10.9 Å². The number of aryl methyl sites for hydroxylation is 1. The van der Waals surface area contributed by atoms with Crippen molar-refractivity contribution in [3.63, 3.8) is 0 Å². The number of rotatable bonds is 7. The van der Waals surface area contributed by atoms with E-state index in [0.29, 0.717) is 12.5 Å². The van der Waals surface area contributed by atoms with Gasteiger partial charge in [0, 0.05) is 30.8 Å². The third-order valence-corrected chi connectivity index (χ3v) is 3.23. The zero-order chi connectivity index (χ0) is 13.7. The Morgan fingerprint density at radius 3 is 2.95 bits per heavy atom. The summed E-state index contributed by atoms with van der Waals surface area (Å²) in [5.74, 6) is 1.21. The van der Waals surface area contributed by atoms with Gasteiger partial charge in [0.25, 0.3) is 0 Å². The van der Waals surface area contributed by atoms with E-state index >= 15 is 0 Å². The second-order valence-electron chi connectivity index (χ2n) is 4.88. The first-order valence-electron chi connectivity index (χ1n) is 6.78. The summed E-state index contributed by atoms with van der Waals surface area (Å²) in [5.41, 5.74) is 6.61. The monoisotopic (exact) mass is 263 g/mol. The highest BCUT2D eigenvalue weighted by Crippen LogP contribution is 2.30. The SMILES string of the molecule is CCCc1cc(N(CCC(N)=NO)C2CC2)ncn1. The first-order valence-corrected chi connectivity index (χ1v) is 6.78. The van der Waals surface area contributed by atoms with Gasteiger partial charge < -0.3 is 15.8 Å². The number of nitrogens with zero attached hydrogens (tertiary/aromatic N) is 4. The van der Waals surface area contributed by atoms with Crippen LogP contribution in [0.25, 0.3) is 0 Å². The van der Waals surface area contributed by atoms with Gasteiger partial charge in [-0.05, 0) is 19.3 Å². The quantitative estimate of drug-likeness (QED) is 0.337. The predicted octanol–water partition coefficient (Wildman–Crippen LogP) is 1.53. The Morgan fingerprint density at radius 2 is 2.32 bits per heavy atom. The van der Waals surface area contributed by atoms with Gasteiger partial charge in [0.1, 0.15) is 18.0 Å². The summed E-state index contributed by atoms with van der Waals surface area (Å²) < 4.78 is 0. The van der Waals surface area contributed by atoms with Crippen LogP contribution in [-0.2, 0) is 6.42 Å². The second kappa shape index (κ2) is 6.36. The molecule has 1 aliphatic carbocycles. The van der Waals surface area contributed by atoms with Crippen LogP contribution in [0.5, 0.6) is 0 Å². The highest BCUT2D eigenvalue weighted by molar-refractivity contribution is 5.80. The van der Waals surface area contributed by atoms with Crippen molar-refractivity contribution >= 4 is 11.7 Å². The molecule has 0 saturated heterocycles. The molecule has 1 aromatic rings. The Balaban J connectivity index is 2.07. The molecule has 0 aliphatic heterocycles. The van der Waals surface area contributed by atoms with E-state index < -0.39 is 0 Å². The molecular formula is C13H21N5O. The van der Waals surface area contributed by atoms with Crippen LogP contribution < -0.4 is 10.6 Å². The standard InChI is InChI=1S/C13H21N5O/c1-2-3-10-8-13(16-9-15-10)18(11-4-5-11)7-6-12(14)17-19/h8-9,11,19H,2-7H2,1H3,(H2,14,17). The van der Waals surface area contributed by atoms with Crippen LogP contribution in [0.2, 0.25) is 0 Å². The average Bonchev–Trinajstić information content (AvgIpc) is 3.24. The number of aromatic nitrogens is 2. The maximum atomic E-state index is 8.61. The van der Waals surface area contributed by atoms with Crippen molar-refractivity contribution in [2.75, 3.05) is 11.4 Å². The van der Waals surface area contributed by atoms with Crippen LogP contribution in [-0.4, -0.2) is 33.6 Å². The van der Waals surface area contributed by atoms with Crippen molar-refractivity contribution in [3.05, 3.63) is 18.1 Å². The number of nitrogens with two attached hydrogens (primary N) is 1. The van der Waals surface area contributed by atoms with E-state index in [1.165, 1.54) is 12.8 Å². The van der Waals surface area contributed by atoms with Gasteiger partial charge in [0.2, 0.25) is 0 Å². The van der Waals surface area contributed by atoms with Crippen molar-refractivity contribution < 1.29 is 5.21 Å². The van der Waals surface area contributed by atoms with E-state index in [4.69, 9.17) is 10.9 Å². The van der Waals surface area contributed by atoms with Gasteiger partial charge >= 0.3 is 0 Å². The molecule has 0 aromatic carbocycles. The molecular weight excluding hydrogens is 242 g/mol. The van der Waals surface area contributed by atoms with Gasteiger partial charge in [-0.15, -0.1) is 0 Å². The molecule has 0 bridgehead atoms. The minimum Gasteiger partial charge on any atom is -0.409 e. The van der Waals surface area contributed by atoms with E-state index in [0.717, 1.165) is 30.9 Å². The van der Waals surface area contributed by atoms with Gasteiger partial charge in [-0.1, -0.05) is 18.5 Å². The number of oxime groups is 1. The normalized spacial score (nSPS) is 15.5. The molecule has 0 spiro atoms. The molecule has 104 valence electrons. The zero-order valence-corrected chi connectivity index (χ0v) is 11.3. The molecule has 2 rings (SSSR count). The zero-order valence-electron chi connectivity index (χ0n) is 11.3. The summed E-state index contributed by atoms with van der Waals surface area (Å²) in [6.45, 7) is 2.86. The van der Waals surface area contributed by atoms with Crippen LogP contribution in [0.15, 0.2) is 17.5 Å². The fourth-order valence-corrected chi connectivity index (χ4v) is 2.09. The fraction of sp³-hybridized carbons (Fsp3) is 0.615. The molecule has 1 saturated carbocycles. The Morgan fingerprint density at radius 1 is 1.53 bits per heavy atom. The van der Waals surface area contributed by atoms with Gasteiger partial charge in [0.15, 0.2) is 0 Å². The number of amidine groups is 1. The maximum Gasteiger partial charge on any atom is 0.140 e. The first kappa shape index (κ1) is 13.6. The van der Waals surface area contributed by atoms with E-state index in [1.54, 1.807) is 6.33 Å². The van der Waals surface area contributed by atoms with E-state index in [1.807, 2.05) is 6.07 Å². The molecule has 0 amide bonds. The summed E-state index contributed by atoms with van der Waals surface area (Å²) in [6.07, 6.45) is 6.57. The lowest BCUT2D eigenvalue weighted by atomic mass is 10.2. The Labute approximate surface area is 113 Å². The largest absolute Gasteiger partial charge is 0.409 e. The van der Waals surface area contributed by atoms with Crippen LogP contribution in [0.4, 0.5) is 5.82 Å². The highest BCUT2D eigenvalue weighted by Gasteiger charge is 2.30. The predicted molar refractivity (Wildman–Crippen MR) is 74.4 cm³/mol. The summed E-state index contributed by atoms with van der Waals surface area (Å²) in [7, 11) is 0. The molecule has 0 unspecified atom stereocenters. The number of anilines is 1. The van der Waals surface area contributed by atoms with Crippen molar-refractivity contribution in [3.8, 4) is 0 Å². The molecule has 6 nitrogen and oxygen atoms in total. The molecule has 6 heteroatoms. The summed E-state index contributed by atoms with van der Waals surface area (Å²) >= 11 is 0. The summed E-state index contributed by atoms with van der Waals surface area (Å²) in [4.78, 5) is 10.9. The smallest absolute Gasteiger partial charge is 0.140 e. The lowest BCUT2D eigenvalue weighted by Crippen LogP contribution is -2.31. The van der Waals surface area contributed by atoms with Crippen LogP contribution in [0, 0.1) is 0 Å². The average molecular weight is 263 g/mol. The van der Waals surface area contributed by atoms with Gasteiger partial charge in [-0.25, -0.2) is 9.97 Å². The Hall–Kier alpha value is -1.85. The number of hydrogen-bond donors (Lipinski definition) is 2. The molecule has 1 heterocycles. The van der Waals surface area contributed by atoms with Gasteiger partial charge in [0.05, 0.1) is 0 Å². The van der Waals surface area contributed by atoms with E-state index in [2.05, 4.69) is 26.9 Å². The number of hydrogen-bond acceptors (Lipinski definition) is 5. The van der Waals surface area contributed by atoms with E-state index in [-0.39, 0.29) is 5.84 Å². The van der Waals surface area contributed by atoms with Gasteiger partial charge in [-0.2, -0.15) is 0 Å². The third-order valence-electron chi connectivity index (χ3n) is 3.23. The third kappa shape index (κ3) is 3.81. The highest BCUT2D eigenvalue weighted by atomic mass is 16.4. The van der Waals surface area contributed by atoms with Crippen molar-refractivity contribution in [2.45, 2.75) is 45.1 Å². The fourth-order valence-electron chi connectivity index (χ4n) is 2.09. The molecule has 1 fully saturated rings. The minimum atomic E-state index is 0.258. The molecule has 1 aliphatic rings. The Bertz CT molecular complexity index is 444. The van der Waals surface area contributed by atoms with Crippen molar-refractivity contribution in [1.82, 2.24) is 9.97 Å². The van der Waals surface area contributed by atoms with Crippen molar-refractivity contribution in [1.29, 1.82) is 0 Å². The summed E-state index contributed by atoms with van der Waals surface area (Å²) in [6, 6.07) is 2.59. The first-order chi connectivity index (χ1) is 9.24. The maximum absolute atomic E-state index is 8.61. The molecule has 19 heavy (non-hydrogen) atoms. The van der Waals surface area contributed by atoms with Gasteiger partial charge in [-0.3, -0.25) is 0 Å². The summed E-state index contributed by atoms with van der Waals surface area (Å²) in [5, 5.41) is 11.6. The van der Waals surface area contributed by atoms with Crippen LogP contribution >= 0.6 is 0 Å². The topological polar surface area (TPSA) is 87.6 Å². The molecule has 1 aromatic heterocycles. The van der Waals surface area contributed by atoms with Crippen LogP contribution in [0.3, 0.4) is 0 Å². The van der Waals surface area contributed by atoms with Crippen LogP contribution in [0.1, 0.15) is 38.3 Å². The van der Waals surface area contributed by atoms with E-state index in [9.17, 15) is 0 Å². The lowest BCUT2D eigenvalue weighted by molar-refractivity contribution is 0.317. The second-order valence-corrected chi connectivity index (χ2v) is 4.88. The molecule has 3 N–H and O–H groups in total. The molecule has 0 radical (unpaired) electrons. The molecule has 0 atom stereocenters. The lowest BCUT2D eigenvalue weighted by Gasteiger charge is -2.23. The minimum absolute atomic E-state index is 0.258. The Kier molecular flexibility index (Phi) is 4.54.